The fourth-order valence-corrected chi connectivity index (χ4v) is 1.70. The number of hydrogen-bond donors (Lipinski definition) is 2. The third-order valence-corrected chi connectivity index (χ3v) is 2.83. The molecule has 0 aliphatic rings. The van der Waals surface area contributed by atoms with Crippen molar-refractivity contribution >= 4 is 27.5 Å². The van der Waals surface area contributed by atoms with Crippen LogP contribution in [0.3, 0.4) is 0 Å². The lowest BCUT2D eigenvalue weighted by atomic mass is 10.2. The molecule has 1 atom stereocenters. The number of H-pyrrole nitrogens is 1. The monoisotopic (exact) mass is 303 g/mol. The first-order valence-electron chi connectivity index (χ1n) is 5.24. The molecular weight excluding hydrogens is 290 g/mol. The zero-order chi connectivity index (χ0) is 12.8. The van der Waals surface area contributed by atoms with Crippen molar-refractivity contribution in [3.05, 3.63) is 28.1 Å². The molecule has 0 radical (unpaired) electrons. The van der Waals surface area contributed by atoms with Crippen molar-refractivity contribution in [2.24, 2.45) is 0 Å². The van der Waals surface area contributed by atoms with Gasteiger partial charge in [-0.05, 0) is 19.8 Å². The number of hydrogen-bond acceptors (Lipinski definition) is 3. The highest BCUT2D eigenvalue weighted by Crippen LogP contribution is 2.12. The van der Waals surface area contributed by atoms with Gasteiger partial charge in [-0.2, -0.15) is 0 Å². The molecule has 2 N–H and O–H groups in total. The number of aromatic nitrogens is 1. The summed E-state index contributed by atoms with van der Waals surface area (Å²) in [6, 6.07) is 1.27. The molecule has 0 spiro atoms. The fraction of sp³-hybridized carbons (Fsp3) is 0.500. The van der Waals surface area contributed by atoms with E-state index in [4.69, 9.17) is 0 Å². The van der Waals surface area contributed by atoms with Crippen molar-refractivity contribution < 1.29 is 9.72 Å². The van der Waals surface area contributed by atoms with Crippen LogP contribution in [0.4, 0.5) is 5.69 Å². The number of amides is 1. The Morgan fingerprint density at radius 2 is 2.41 bits per heavy atom. The zero-order valence-corrected chi connectivity index (χ0v) is 11.0. The molecule has 17 heavy (non-hydrogen) atoms. The van der Waals surface area contributed by atoms with Gasteiger partial charge in [0.05, 0.1) is 11.1 Å². The fourth-order valence-electron chi connectivity index (χ4n) is 1.38. The summed E-state index contributed by atoms with van der Waals surface area (Å²) < 4.78 is 0. The number of alkyl halides is 1. The third kappa shape index (κ3) is 4.18. The predicted octanol–water partition coefficient (Wildman–Crippen LogP) is 2.22. The van der Waals surface area contributed by atoms with E-state index in [0.29, 0.717) is 0 Å². The summed E-state index contributed by atoms with van der Waals surface area (Å²) in [6.45, 7) is 1.90. The quantitative estimate of drug-likeness (QED) is 0.480. The Balaban J connectivity index is 2.54. The van der Waals surface area contributed by atoms with Crippen LogP contribution in [-0.2, 0) is 0 Å². The number of nitro groups is 1. The highest BCUT2D eigenvalue weighted by molar-refractivity contribution is 9.09. The summed E-state index contributed by atoms with van der Waals surface area (Å²) in [5, 5.41) is 14.1. The molecule has 1 aromatic heterocycles. The molecule has 1 rings (SSSR count). The van der Waals surface area contributed by atoms with E-state index in [1.807, 2.05) is 6.92 Å². The largest absolute Gasteiger partial charge is 0.351 e. The van der Waals surface area contributed by atoms with Crippen LogP contribution in [0.25, 0.3) is 0 Å². The number of rotatable bonds is 6. The summed E-state index contributed by atoms with van der Waals surface area (Å²) in [5.74, 6) is -0.319. The number of carbonyl (C=O) groups excluding carboxylic acids is 1. The van der Waals surface area contributed by atoms with Gasteiger partial charge in [0.2, 0.25) is 0 Å². The minimum atomic E-state index is -0.540. The minimum absolute atomic E-state index is 0.0439. The van der Waals surface area contributed by atoms with Gasteiger partial charge < -0.3 is 10.3 Å². The van der Waals surface area contributed by atoms with Crippen LogP contribution in [0.1, 0.15) is 30.3 Å². The second kappa shape index (κ2) is 6.39. The average molecular weight is 304 g/mol. The number of nitrogens with zero attached hydrogens (tertiary/aromatic N) is 1. The van der Waals surface area contributed by atoms with Crippen molar-refractivity contribution in [3.63, 3.8) is 0 Å². The molecule has 0 fully saturated rings. The van der Waals surface area contributed by atoms with Gasteiger partial charge in [0.15, 0.2) is 0 Å². The summed E-state index contributed by atoms with van der Waals surface area (Å²) >= 11 is 3.31. The highest BCUT2D eigenvalue weighted by atomic mass is 79.9. The van der Waals surface area contributed by atoms with Crippen LogP contribution in [0.15, 0.2) is 12.3 Å². The molecule has 0 aliphatic heterocycles. The molecule has 6 nitrogen and oxygen atoms in total. The van der Waals surface area contributed by atoms with Crippen LogP contribution in [-0.4, -0.2) is 27.2 Å². The Kier molecular flexibility index (Phi) is 5.14. The molecule has 0 saturated heterocycles. The predicted molar refractivity (Wildman–Crippen MR) is 67.4 cm³/mol. The van der Waals surface area contributed by atoms with Crippen LogP contribution in [0, 0.1) is 10.1 Å². The van der Waals surface area contributed by atoms with E-state index < -0.39 is 4.92 Å². The SMILES string of the molecule is CC(CCCBr)NC(=O)c1cc([N+](=O)[O-])c[nH]1. The van der Waals surface area contributed by atoms with Gasteiger partial charge in [-0.25, -0.2) is 0 Å². The Hall–Kier alpha value is -1.37. The van der Waals surface area contributed by atoms with Crippen molar-refractivity contribution in [1.82, 2.24) is 10.3 Å². The second-order valence-corrected chi connectivity index (χ2v) is 4.53. The normalized spacial score (nSPS) is 12.1. The molecule has 1 aromatic rings. The summed E-state index contributed by atoms with van der Waals surface area (Å²) in [5.41, 5.74) is 0.102. The van der Waals surface area contributed by atoms with E-state index in [2.05, 4.69) is 26.2 Å². The molecule has 1 amide bonds. The lowest BCUT2D eigenvalue weighted by molar-refractivity contribution is -0.384. The average Bonchev–Trinajstić information content (AvgIpc) is 2.75. The van der Waals surface area contributed by atoms with Crippen LogP contribution < -0.4 is 5.32 Å². The highest BCUT2D eigenvalue weighted by Gasteiger charge is 2.15. The first-order chi connectivity index (χ1) is 8.04. The van der Waals surface area contributed by atoms with Crippen molar-refractivity contribution in [2.45, 2.75) is 25.8 Å². The third-order valence-electron chi connectivity index (χ3n) is 2.27. The maximum absolute atomic E-state index is 11.7. The van der Waals surface area contributed by atoms with Gasteiger partial charge >= 0.3 is 0 Å². The van der Waals surface area contributed by atoms with Crippen LogP contribution in [0.5, 0.6) is 0 Å². The standard InChI is InChI=1S/C10H14BrN3O3/c1-7(3-2-4-11)13-10(15)9-5-8(6-12-9)14(16)17/h5-7,12H,2-4H2,1H3,(H,13,15). The van der Waals surface area contributed by atoms with Gasteiger partial charge in [-0.1, -0.05) is 15.9 Å². The van der Waals surface area contributed by atoms with Gasteiger partial charge in [0.25, 0.3) is 11.6 Å². The summed E-state index contributed by atoms with van der Waals surface area (Å²) in [7, 11) is 0. The van der Waals surface area contributed by atoms with Gasteiger partial charge in [0.1, 0.15) is 5.69 Å². The van der Waals surface area contributed by atoms with Crippen molar-refractivity contribution in [2.75, 3.05) is 5.33 Å². The number of aromatic amines is 1. The Bertz CT molecular complexity index is 405. The van der Waals surface area contributed by atoms with Crippen molar-refractivity contribution in [3.8, 4) is 0 Å². The molecule has 0 saturated carbocycles. The van der Waals surface area contributed by atoms with E-state index in [-0.39, 0.29) is 23.3 Å². The molecule has 7 heteroatoms. The maximum Gasteiger partial charge on any atom is 0.287 e. The number of carbonyl (C=O) groups is 1. The minimum Gasteiger partial charge on any atom is -0.351 e. The zero-order valence-electron chi connectivity index (χ0n) is 9.40. The van der Waals surface area contributed by atoms with E-state index in [1.54, 1.807) is 0 Å². The summed E-state index contributed by atoms with van der Waals surface area (Å²) in [4.78, 5) is 24.2. The Labute approximate surface area is 107 Å². The first kappa shape index (κ1) is 13.7. The topological polar surface area (TPSA) is 88.0 Å². The molecule has 0 aromatic carbocycles. The van der Waals surface area contributed by atoms with Crippen molar-refractivity contribution in [1.29, 1.82) is 0 Å². The number of nitrogens with one attached hydrogen (secondary N) is 2. The number of halogens is 1. The van der Waals surface area contributed by atoms with Gasteiger partial charge in [-0.15, -0.1) is 0 Å². The molecular formula is C10H14BrN3O3. The first-order valence-corrected chi connectivity index (χ1v) is 6.36. The summed E-state index contributed by atoms with van der Waals surface area (Å²) in [6.07, 6.45) is 3.03. The Morgan fingerprint density at radius 3 is 2.94 bits per heavy atom. The second-order valence-electron chi connectivity index (χ2n) is 3.73. The molecule has 0 aliphatic carbocycles. The maximum atomic E-state index is 11.7. The van der Waals surface area contributed by atoms with Crippen LogP contribution >= 0.6 is 15.9 Å². The van der Waals surface area contributed by atoms with E-state index in [1.165, 1.54) is 12.3 Å². The van der Waals surface area contributed by atoms with E-state index in [0.717, 1.165) is 18.2 Å². The smallest absolute Gasteiger partial charge is 0.287 e. The van der Waals surface area contributed by atoms with Crippen LogP contribution in [0.2, 0.25) is 0 Å². The lowest BCUT2D eigenvalue weighted by Crippen LogP contribution is -2.32. The lowest BCUT2D eigenvalue weighted by Gasteiger charge is -2.11. The van der Waals surface area contributed by atoms with Gasteiger partial charge in [0, 0.05) is 17.4 Å². The van der Waals surface area contributed by atoms with Gasteiger partial charge in [-0.3, -0.25) is 14.9 Å². The molecule has 0 bridgehead atoms. The van der Waals surface area contributed by atoms with E-state index >= 15 is 0 Å². The molecule has 94 valence electrons. The Morgan fingerprint density at radius 1 is 1.71 bits per heavy atom. The molecule has 1 heterocycles. The molecule has 1 unspecified atom stereocenters. The van der Waals surface area contributed by atoms with E-state index in [9.17, 15) is 14.9 Å².